The quantitative estimate of drug-likeness (QED) is 0.286. The summed E-state index contributed by atoms with van der Waals surface area (Å²) >= 11 is 3.44. The second-order valence-electron chi connectivity index (χ2n) is 6.78. The maximum absolute atomic E-state index is 13.8. The minimum Gasteiger partial charge on any atom is -0.490 e. The van der Waals surface area contributed by atoms with Crippen molar-refractivity contribution in [3.63, 3.8) is 0 Å². The summed E-state index contributed by atoms with van der Waals surface area (Å²) in [6.07, 6.45) is 1.37. The molecule has 0 radical (unpaired) electrons. The second-order valence-corrected chi connectivity index (χ2v) is 7.64. The summed E-state index contributed by atoms with van der Waals surface area (Å²) in [6.45, 7) is 2.34. The van der Waals surface area contributed by atoms with E-state index >= 15 is 0 Å². The first-order valence-electron chi connectivity index (χ1n) is 9.92. The molecule has 0 aliphatic carbocycles. The van der Waals surface area contributed by atoms with E-state index in [4.69, 9.17) is 9.47 Å². The molecule has 0 bridgehead atoms. The van der Waals surface area contributed by atoms with Crippen LogP contribution in [0.4, 0.5) is 14.5 Å². The Kier molecular flexibility index (Phi) is 8.17. The molecule has 0 saturated carbocycles. The number of ether oxygens (including phenoxy) is 2. The Morgan fingerprint density at radius 3 is 2.52 bits per heavy atom. The first-order chi connectivity index (χ1) is 15.9. The Labute approximate surface area is 198 Å². The van der Waals surface area contributed by atoms with Crippen molar-refractivity contribution in [3.05, 3.63) is 93.5 Å². The molecule has 1 N–H and O–H groups in total. The maximum Gasteiger partial charge on any atom is 0.266 e. The van der Waals surface area contributed by atoms with Crippen LogP contribution in [0.3, 0.4) is 0 Å². The zero-order valence-electron chi connectivity index (χ0n) is 17.6. The molecule has 3 aromatic rings. The lowest BCUT2D eigenvalue weighted by atomic mass is 10.1. The molecule has 0 spiro atoms. The molecule has 168 valence electrons. The van der Waals surface area contributed by atoms with Gasteiger partial charge in [0.1, 0.15) is 29.9 Å². The number of hydrogen-bond acceptors (Lipinski definition) is 4. The van der Waals surface area contributed by atoms with Crippen LogP contribution in [-0.2, 0) is 11.4 Å². The molecule has 0 aliphatic rings. The highest BCUT2D eigenvalue weighted by atomic mass is 79.9. The van der Waals surface area contributed by atoms with Gasteiger partial charge in [-0.15, -0.1) is 0 Å². The average molecular weight is 513 g/mol. The van der Waals surface area contributed by atoms with E-state index in [1.165, 1.54) is 36.4 Å². The smallest absolute Gasteiger partial charge is 0.266 e. The number of amides is 1. The Morgan fingerprint density at radius 1 is 1.12 bits per heavy atom. The van der Waals surface area contributed by atoms with Crippen LogP contribution in [0.25, 0.3) is 6.08 Å². The summed E-state index contributed by atoms with van der Waals surface area (Å²) in [5, 5.41) is 11.9. The van der Waals surface area contributed by atoms with Crippen molar-refractivity contribution in [2.45, 2.75) is 13.5 Å². The molecule has 0 fully saturated rings. The summed E-state index contributed by atoms with van der Waals surface area (Å²) in [5.74, 6) is -0.862. The van der Waals surface area contributed by atoms with Gasteiger partial charge in [-0.2, -0.15) is 5.26 Å². The van der Waals surface area contributed by atoms with Crippen molar-refractivity contribution in [1.29, 1.82) is 5.26 Å². The molecule has 33 heavy (non-hydrogen) atoms. The first-order valence-corrected chi connectivity index (χ1v) is 10.7. The molecule has 0 unspecified atom stereocenters. The van der Waals surface area contributed by atoms with Crippen LogP contribution < -0.4 is 14.8 Å². The zero-order valence-corrected chi connectivity index (χ0v) is 19.2. The Hall–Kier alpha value is -3.70. The number of rotatable bonds is 8. The molecule has 0 heterocycles. The zero-order chi connectivity index (χ0) is 23.8. The van der Waals surface area contributed by atoms with Crippen LogP contribution in [-0.4, -0.2) is 12.5 Å². The van der Waals surface area contributed by atoms with Crippen LogP contribution in [0.1, 0.15) is 18.1 Å². The van der Waals surface area contributed by atoms with E-state index in [1.807, 2.05) is 13.0 Å². The van der Waals surface area contributed by atoms with Gasteiger partial charge in [-0.3, -0.25) is 4.79 Å². The third-order valence-corrected chi connectivity index (χ3v) is 5.02. The largest absolute Gasteiger partial charge is 0.490 e. The highest BCUT2D eigenvalue weighted by Gasteiger charge is 2.15. The van der Waals surface area contributed by atoms with Crippen LogP contribution >= 0.6 is 15.9 Å². The van der Waals surface area contributed by atoms with E-state index in [0.29, 0.717) is 28.1 Å². The van der Waals surface area contributed by atoms with Crippen LogP contribution in [0, 0.1) is 23.0 Å². The van der Waals surface area contributed by atoms with E-state index in [-0.39, 0.29) is 23.7 Å². The van der Waals surface area contributed by atoms with E-state index in [0.717, 1.165) is 5.56 Å². The highest BCUT2D eigenvalue weighted by Crippen LogP contribution is 2.38. The van der Waals surface area contributed by atoms with Gasteiger partial charge in [-0.05, 0) is 76.5 Å². The average Bonchev–Trinajstić information content (AvgIpc) is 2.79. The fraction of sp³-hybridized carbons (Fsp3) is 0.120. The number of para-hydroxylation sites is 1. The highest BCUT2D eigenvalue weighted by molar-refractivity contribution is 9.10. The Balaban J connectivity index is 1.85. The maximum atomic E-state index is 13.8. The first kappa shape index (κ1) is 24.0. The van der Waals surface area contributed by atoms with E-state index < -0.39 is 11.7 Å². The number of nitriles is 1. The number of halogens is 3. The summed E-state index contributed by atoms with van der Waals surface area (Å²) in [6, 6.07) is 16.7. The van der Waals surface area contributed by atoms with E-state index in [9.17, 15) is 18.8 Å². The standard InChI is InChI=1S/C25H19BrF2N2O3/c1-2-32-23-13-17(11-18(14-29)25(31)30-22-6-4-3-5-21(22)28)12-20(26)24(23)33-15-16-7-9-19(27)10-8-16/h3-13H,2,15H2,1H3,(H,30,31)/b18-11-. The number of nitrogens with zero attached hydrogens (tertiary/aromatic N) is 1. The number of benzene rings is 3. The van der Waals surface area contributed by atoms with Crippen molar-refractivity contribution < 1.29 is 23.0 Å². The van der Waals surface area contributed by atoms with Gasteiger partial charge in [0.15, 0.2) is 11.5 Å². The molecule has 0 aromatic heterocycles. The lowest BCUT2D eigenvalue weighted by molar-refractivity contribution is -0.112. The monoisotopic (exact) mass is 512 g/mol. The van der Waals surface area contributed by atoms with Gasteiger partial charge in [0.2, 0.25) is 0 Å². The van der Waals surface area contributed by atoms with Gasteiger partial charge in [0.25, 0.3) is 5.91 Å². The van der Waals surface area contributed by atoms with Crippen LogP contribution in [0.15, 0.2) is 70.7 Å². The lowest BCUT2D eigenvalue weighted by Crippen LogP contribution is -2.14. The third-order valence-electron chi connectivity index (χ3n) is 4.43. The molecule has 0 saturated heterocycles. The molecule has 0 atom stereocenters. The molecular weight excluding hydrogens is 494 g/mol. The van der Waals surface area contributed by atoms with Crippen molar-refractivity contribution in [2.24, 2.45) is 0 Å². The van der Waals surface area contributed by atoms with Crippen molar-refractivity contribution in [2.75, 3.05) is 11.9 Å². The number of anilines is 1. The number of carbonyl (C=O) groups is 1. The molecule has 5 nitrogen and oxygen atoms in total. The van der Waals surface area contributed by atoms with E-state index in [1.54, 1.807) is 30.3 Å². The predicted molar refractivity (Wildman–Crippen MR) is 125 cm³/mol. The topological polar surface area (TPSA) is 71.3 Å². The van der Waals surface area contributed by atoms with Crippen molar-refractivity contribution in [3.8, 4) is 17.6 Å². The number of nitrogens with one attached hydrogen (secondary N) is 1. The number of carbonyl (C=O) groups excluding carboxylic acids is 1. The van der Waals surface area contributed by atoms with Crippen LogP contribution in [0.2, 0.25) is 0 Å². The fourth-order valence-corrected chi connectivity index (χ4v) is 3.45. The SMILES string of the molecule is CCOc1cc(/C=C(/C#N)C(=O)Nc2ccccc2F)cc(Br)c1OCc1ccc(F)cc1. The van der Waals surface area contributed by atoms with Gasteiger partial charge in [-0.1, -0.05) is 24.3 Å². The molecule has 0 aliphatic heterocycles. The van der Waals surface area contributed by atoms with Gasteiger partial charge in [0.05, 0.1) is 16.8 Å². The third kappa shape index (κ3) is 6.40. The Bertz CT molecular complexity index is 1220. The van der Waals surface area contributed by atoms with Gasteiger partial charge in [0, 0.05) is 0 Å². The summed E-state index contributed by atoms with van der Waals surface area (Å²) in [5.41, 5.74) is 1.03. The normalized spacial score (nSPS) is 10.9. The summed E-state index contributed by atoms with van der Waals surface area (Å²) in [7, 11) is 0. The molecule has 8 heteroatoms. The molecule has 3 rings (SSSR count). The van der Waals surface area contributed by atoms with Gasteiger partial charge in [-0.25, -0.2) is 8.78 Å². The lowest BCUT2D eigenvalue weighted by Gasteiger charge is -2.15. The Morgan fingerprint density at radius 2 is 1.85 bits per heavy atom. The van der Waals surface area contributed by atoms with Gasteiger partial charge < -0.3 is 14.8 Å². The minimum atomic E-state index is -0.742. The van der Waals surface area contributed by atoms with Crippen molar-refractivity contribution in [1.82, 2.24) is 0 Å². The summed E-state index contributed by atoms with van der Waals surface area (Å²) < 4.78 is 39.0. The fourth-order valence-electron chi connectivity index (χ4n) is 2.88. The van der Waals surface area contributed by atoms with E-state index in [2.05, 4.69) is 21.2 Å². The minimum absolute atomic E-state index is 0.0237. The number of hydrogen-bond donors (Lipinski definition) is 1. The second kappa shape index (κ2) is 11.2. The molecule has 3 aromatic carbocycles. The van der Waals surface area contributed by atoms with Gasteiger partial charge >= 0.3 is 0 Å². The summed E-state index contributed by atoms with van der Waals surface area (Å²) in [4.78, 5) is 12.5. The predicted octanol–water partition coefficient (Wildman–Crippen LogP) is 6.25. The van der Waals surface area contributed by atoms with Crippen molar-refractivity contribution >= 4 is 33.6 Å². The molecular formula is C25H19BrF2N2O3. The molecule has 1 amide bonds. The van der Waals surface area contributed by atoms with Crippen LogP contribution in [0.5, 0.6) is 11.5 Å².